The fourth-order valence-corrected chi connectivity index (χ4v) is 3.44. The number of hydrogen-bond donors (Lipinski definition) is 8. The lowest BCUT2D eigenvalue weighted by atomic mass is 9.98. The Morgan fingerprint density at radius 1 is 0.429 bits per heavy atom. The summed E-state index contributed by atoms with van der Waals surface area (Å²) in [5.41, 5.74) is 5.90. The van der Waals surface area contributed by atoms with Crippen molar-refractivity contribution in [3.63, 3.8) is 0 Å². The van der Waals surface area contributed by atoms with Gasteiger partial charge in [0.1, 0.15) is 36.3 Å². The Morgan fingerprint density at radius 2 is 0.714 bits per heavy atom. The number of carbonyl (C=O) groups excluding carboxylic acids is 6. The number of rotatable bonds is 16. The molecule has 0 aromatic heterocycles. The van der Waals surface area contributed by atoms with Crippen LogP contribution in [-0.2, 0) is 33.6 Å². The molecule has 0 aliphatic heterocycles. The van der Waals surface area contributed by atoms with Crippen molar-refractivity contribution in [3.05, 3.63) is 0 Å². The van der Waals surface area contributed by atoms with E-state index in [9.17, 15) is 33.6 Å². The van der Waals surface area contributed by atoms with Gasteiger partial charge in [0.05, 0.1) is 6.04 Å². The molecule has 0 radical (unpaired) electrons. The van der Waals surface area contributed by atoms with Gasteiger partial charge in [0.25, 0.3) is 0 Å². The van der Waals surface area contributed by atoms with Crippen LogP contribution in [-0.4, -0.2) is 88.8 Å². The van der Waals surface area contributed by atoms with Crippen LogP contribution < -0.4 is 37.6 Å². The van der Waals surface area contributed by atoms with E-state index in [0.29, 0.717) is 0 Å². The molecule has 0 saturated carbocycles. The summed E-state index contributed by atoms with van der Waals surface area (Å²) in [5, 5.41) is 23.7. The molecule has 0 rings (SSSR count). The largest absolute Gasteiger partial charge is 0.480 e. The van der Waals surface area contributed by atoms with Gasteiger partial charge in [0, 0.05) is 0 Å². The number of carboxylic acid groups (broad SMARTS) is 1. The van der Waals surface area contributed by atoms with Crippen LogP contribution in [0.1, 0.15) is 69.2 Å². The predicted octanol–water partition coefficient (Wildman–Crippen LogP) is -1.65. The van der Waals surface area contributed by atoms with Gasteiger partial charge in [-0.1, -0.05) is 41.5 Å². The van der Waals surface area contributed by atoms with E-state index >= 15 is 0 Å². The molecule has 6 amide bonds. The maximum Gasteiger partial charge on any atom is 0.325 e. The van der Waals surface area contributed by atoms with Crippen molar-refractivity contribution in [2.24, 2.45) is 23.5 Å². The Labute approximate surface area is 247 Å². The Hall–Kier alpha value is -3.75. The molecule has 0 heterocycles. The molecule has 42 heavy (non-hydrogen) atoms. The standard InChI is InChI=1S/C27H49N7O8/c1-11(2)18(28)24(38)33-20(13(5)6)26(40)34-19(12(3)4)25(39)31-16(9)22(36)29-14(7)21(35)30-15(8)23(37)32-17(10)27(41)42/h11-20H,28H2,1-10H3,(H,29,36)(H,30,35)(H,31,39)(H,32,37)(H,33,38)(H,34,40)(H,41,42)/t14-,15-,16-,17-,18-,19-,20-/m0/s1. The average molecular weight is 600 g/mol. The SMILES string of the molecule is CC(C)[C@H](N)C(=O)N[C@H](C(=O)N[C@H](C(=O)N[C@@H](C)C(=O)N[C@@H](C)C(=O)N[C@@H](C)C(=O)N[C@@H](C)C(=O)O)C(C)C)C(C)C. The minimum absolute atomic E-state index is 0.146. The van der Waals surface area contributed by atoms with Crippen molar-refractivity contribution in [1.29, 1.82) is 0 Å². The zero-order valence-corrected chi connectivity index (χ0v) is 26.2. The molecule has 0 saturated heterocycles. The quantitative estimate of drug-likeness (QED) is 0.101. The lowest BCUT2D eigenvalue weighted by Crippen LogP contribution is -2.60. The van der Waals surface area contributed by atoms with Crippen molar-refractivity contribution >= 4 is 41.4 Å². The lowest BCUT2D eigenvalue weighted by molar-refractivity contribution is -0.141. The van der Waals surface area contributed by atoms with Crippen molar-refractivity contribution < 1.29 is 38.7 Å². The molecule has 15 nitrogen and oxygen atoms in total. The second-order valence-corrected chi connectivity index (χ2v) is 11.5. The van der Waals surface area contributed by atoms with Gasteiger partial charge in [-0.3, -0.25) is 33.6 Å². The third-order valence-electron chi connectivity index (χ3n) is 6.50. The van der Waals surface area contributed by atoms with E-state index in [1.54, 1.807) is 41.5 Å². The number of nitrogens with two attached hydrogens (primary N) is 1. The predicted molar refractivity (Wildman–Crippen MR) is 154 cm³/mol. The van der Waals surface area contributed by atoms with E-state index in [2.05, 4.69) is 31.9 Å². The molecule has 9 N–H and O–H groups in total. The van der Waals surface area contributed by atoms with Crippen LogP contribution in [0, 0.1) is 17.8 Å². The van der Waals surface area contributed by atoms with Crippen LogP contribution in [0.15, 0.2) is 0 Å². The van der Waals surface area contributed by atoms with E-state index in [1.165, 1.54) is 27.7 Å². The summed E-state index contributed by atoms with van der Waals surface area (Å²) in [4.78, 5) is 86.7. The number of carbonyl (C=O) groups is 7. The van der Waals surface area contributed by atoms with Gasteiger partial charge in [-0.05, 0) is 45.4 Å². The van der Waals surface area contributed by atoms with Gasteiger partial charge in [-0.15, -0.1) is 0 Å². The molecule has 0 bridgehead atoms. The maximum absolute atomic E-state index is 13.1. The molecule has 0 aromatic carbocycles. The van der Waals surface area contributed by atoms with Crippen LogP contribution in [0.5, 0.6) is 0 Å². The fraction of sp³-hybridized carbons (Fsp3) is 0.741. The summed E-state index contributed by atoms with van der Waals surface area (Å²) >= 11 is 0. The highest BCUT2D eigenvalue weighted by molar-refractivity contribution is 5.96. The normalized spacial score (nSPS) is 16.2. The first-order valence-corrected chi connectivity index (χ1v) is 14.0. The van der Waals surface area contributed by atoms with E-state index < -0.39 is 83.7 Å². The smallest absolute Gasteiger partial charge is 0.325 e. The summed E-state index contributed by atoms with van der Waals surface area (Å²) in [6.45, 7) is 15.8. The van der Waals surface area contributed by atoms with E-state index in [-0.39, 0.29) is 17.8 Å². The molecular formula is C27H49N7O8. The number of hydrogen-bond acceptors (Lipinski definition) is 8. The van der Waals surface area contributed by atoms with Crippen molar-refractivity contribution in [2.45, 2.75) is 112 Å². The Morgan fingerprint density at radius 3 is 1.02 bits per heavy atom. The summed E-state index contributed by atoms with van der Waals surface area (Å²) in [5.74, 6) is -5.93. The zero-order chi connectivity index (χ0) is 33.1. The first-order chi connectivity index (χ1) is 19.2. The minimum atomic E-state index is -1.24. The first kappa shape index (κ1) is 38.2. The van der Waals surface area contributed by atoms with Gasteiger partial charge >= 0.3 is 5.97 Å². The molecular weight excluding hydrogens is 550 g/mol. The number of amides is 6. The van der Waals surface area contributed by atoms with E-state index in [4.69, 9.17) is 10.8 Å². The van der Waals surface area contributed by atoms with Crippen LogP contribution in [0.3, 0.4) is 0 Å². The zero-order valence-electron chi connectivity index (χ0n) is 26.2. The molecule has 0 unspecified atom stereocenters. The first-order valence-electron chi connectivity index (χ1n) is 14.0. The highest BCUT2D eigenvalue weighted by atomic mass is 16.4. The second kappa shape index (κ2) is 17.3. The van der Waals surface area contributed by atoms with Gasteiger partial charge < -0.3 is 42.7 Å². The number of nitrogens with one attached hydrogen (secondary N) is 6. The van der Waals surface area contributed by atoms with E-state index in [1.807, 2.05) is 0 Å². The van der Waals surface area contributed by atoms with Crippen molar-refractivity contribution in [1.82, 2.24) is 31.9 Å². The monoisotopic (exact) mass is 599 g/mol. The third kappa shape index (κ3) is 12.4. The minimum Gasteiger partial charge on any atom is -0.480 e. The molecule has 0 aliphatic rings. The fourth-order valence-electron chi connectivity index (χ4n) is 3.44. The summed E-state index contributed by atoms with van der Waals surface area (Å²) in [6.07, 6.45) is 0. The lowest BCUT2D eigenvalue weighted by Gasteiger charge is -2.29. The molecule has 7 atom stereocenters. The summed E-state index contributed by atoms with van der Waals surface area (Å²) < 4.78 is 0. The average Bonchev–Trinajstić information content (AvgIpc) is 2.88. The molecule has 0 spiro atoms. The van der Waals surface area contributed by atoms with Crippen LogP contribution in [0.4, 0.5) is 0 Å². The van der Waals surface area contributed by atoms with Gasteiger partial charge in [-0.25, -0.2) is 0 Å². The van der Waals surface area contributed by atoms with Crippen molar-refractivity contribution in [3.8, 4) is 0 Å². The highest BCUT2D eigenvalue weighted by Gasteiger charge is 2.33. The van der Waals surface area contributed by atoms with Gasteiger partial charge in [0.15, 0.2) is 0 Å². The summed E-state index contributed by atoms with van der Waals surface area (Å²) in [6, 6.07) is -7.24. The molecule has 240 valence electrons. The number of aliphatic carboxylic acids is 1. The van der Waals surface area contributed by atoms with Crippen LogP contribution in [0.25, 0.3) is 0 Å². The summed E-state index contributed by atoms with van der Waals surface area (Å²) in [7, 11) is 0. The van der Waals surface area contributed by atoms with E-state index in [0.717, 1.165) is 0 Å². The maximum atomic E-state index is 13.1. The Balaban J connectivity index is 5.23. The number of carboxylic acids is 1. The Kier molecular flexibility index (Phi) is 15.7. The van der Waals surface area contributed by atoms with Gasteiger partial charge in [-0.2, -0.15) is 0 Å². The van der Waals surface area contributed by atoms with Crippen LogP contribution in [0.2, 0.25) is 0 Å². The molecule has 15 heteroatoms. The topological polar surface area (TPSA) is 238 Å². The van der Waals surface area contributed by atoms with Crippen molar-refractivity contribution in [2.75, 3.05) is 0 Å². The van der Waals surface area contributed by atoms with Crippen LogP contribution >= 0.6 is 0 Å². The molecule has 0 fully saturated rings. The molecule has 0 aliphatic carbocycles. The second-order valence-electron chi connectivity index (χ2n) is 11.5. The third-order valence-corrected chi connectivity index (χ3v) is 6.50. The molecule has 0 aromatic rings. The Bertz CT molecular complexity index is 1000. The van der Waals surface area contributed by atoms with Gasteiger partial charge in [0.2, 0.25) is 35.4 Å². The highest BCUT2D eigenvalue weighted by Crippen LogP contribution is 2.08.